The Hall–Kier alpha value is -3.08. The van der Waals surface area contributed by atoms with Gasteiger partial charge in [-0.1, -0.05) is 31.0 Å². The van der Waals surface area contributed by atoms with E-state index < -0.39 is 0 Å². The van der Waals surface area contributed by atoms with Crippen LogP contribution in [0.5, 0.6) is 17.4 Å². The molecule has 2 heterocycles. The van der Waals surface area contributed by atoms with Gasteiger partial charge in [0.05, 0.1) is 6.04 Å². The number of pyridine rings is 1. The van der Waals surface area contributed by atoms with Crippen LogP contribution in [0.2, 0.25) is 0 Å². The predicted molar refractivity (Wildman–Crippen MR) is 108 cm³/mol. The Morgan fingerprint density at radius 3 is 2.75 bits per heavy atom. The van der Waals surface area contributed by atoms with E-state index in [1.807, 2.05) is 36.4 Å². The Labute approximate surface area is 163 Å². The first-order valence-corrected chi connectivity index (χ1v) is 9.84. The molecule has 1 aromatic heterocycles. The number of aromatic hydroxyl groups is 1. The van der Waals surface area contributed by atoms with Gasteiger partial charge in [-0.15, -0.1) is 0 Å². The molecule has 5 heteroatoms. The number of fused-ring (bicyclic) bond motifs is 1. The second-order valence-electron chi connectivity index (χ2n) is 7.49. The third-order valence-electron chi connectivity index (χ3n) is 5.59. The van der Waals surface area contributed by atoms with Crippen LogP contribution < -0.4 is 4.74 Å². The highest BCUT2D eigenvalue weighted by Gasteiger charge is 2.30. The lowest BCUT2D eigenvalue weighted by atomic mass is 10.00. The molecule has 1 fully saturated rings. The van der Waals surface area contributed by atoms with Crippen molar-refractivity contribution in [3.63, 3.8) is 0 Å². The lowest BCUT2D eigenvalue weighted by molar-refractivity contribution is 0.279. The molecule has 2 aliphatic rings. The Bertz CT molecular complexity index is 1040. The fourth-order valence-corrected chi connectivity index (χ4v) is 4.11. The average molecular weight is 374 g/mol. The van der Waals surface area contributed by atoms with E-state index in [9.17, 15) is 5.11 Å². The third-order valence-corrected chi connectivity index (χ3v) is 5.59. The molecular weight excluding hydrogens is 352 g/mol. The molecule has 1 aliphatic carbocycles. The molecule has 142 valence electrons. The van der Waals surface area contributed by atoms with Crippen molar-refractivity contribution in [3.05, 3.63) is 60.2 Å². The Kier molecular flexibility index (Phi) is 4.35. The molecule has 5 nitrogen and oxygen atoms in total. The lowest BCUT2D eigenvalue weighted by Crippen LogP contribution is -2.16. The minimum atomic E-state index is 0.142. The number of para-hydroxylation sites is 1. The van der Waals surface area contributed by atoms with Crippen LogP contribution in [0.3, 0.4) is 0 Å². The van der Waals surface area contributed by atoms with Crippen LogP contribution >= 0.6 is 0 Å². The number of hydrogen-bond donors (Lipinski definition) is 1. The van der Waals surface area contributed by atoms with Crippen molar-refractivity contribution in [1.29, 1.82) is 0 Å². The molecule has 0 amide bonds. The summed E-state index contributed by atoms with van der Waals surface area (Å²) in [6.07, 6.45) is 5.14. The number of rotatable bonds is 4. The van der Waals surface area contributed by atoms with Gasteiger partial charge in [0, 0.05) is 17.0 Å². The molecule has 0 bridgehead atoms. The largest absolute Gasteiger partial charge is 0.506 e. The summed E-state index contributed by atoms with van der Waals surface area (Å²) in [4.78, 5) is 9.26. The van der Waals surface area contributed by atoms with Gasteiger partial charge in [0.15, 0.2) is 0 Å². The van der Waals surface area contributed by atoms with Crippen molar-refractivity contribution in [2.75, 3.05) is 6.61 Å². The SMILES string of the molecule is Oc1cccc2ccc(Oc3cccc(C4=N[C@@H](C5CCCC5)CO4)c3)nc12. The zero-order chi connectivity index (χ0) is 18.9. The summed E-state index contributed by atoms with van der Waals surface area (Å²) in [6.45, 7) is 0.677. The van der Waals surface area contributed by atoms with E-state index in [4.69, 9.17) is 14.5 Å². The number of nitrogens with zero attached hydrogens (tertiary/aromatic N) is 2. The molecular formula is C23H22N2O3. The molecule has 0 radical (unpaired) electrons. The zero-order valence-corrected chi connectivity index (χ0v) is 15.5. The number of phenols is 1. The van der Waals surface area contributed by atoms with Crippen LogP contribution in [0.25, 0.3) is 10.9 Å². The van der Waals surface area contributed by atoms with E-state index in [2.05, 4.69) is 4.98 Å². The molecule has 0 unspecified atom stereocenters. The third kappa shape index (κ3) is 3.28. The summed E-state index contributed by atoms with van der Waals surface area (Å²) < 4.78 is 11.8. The molecule has 0 saturated heterocycles. The smallest absolute Gasteiger partial charge is 0.219 e. The van der Waals surface area contributed by atoms with Gasteiger partial charge in [0.2, 0.25) is 11.8 Å². The van der Waals surface area contributed by atoms with Gasteiger partial charge in [0.25, 0.3) is 0 Å². The Morgan fingerprint density at radius 2 is 1.86 bits per heavy atom. The quantitative estimate of drug-likeness (QED) is 0.693. The zero-order valence-electron chi connectivity index (χ0n) is 15.5. The summed E-state index contributed by atoms with van der Waals surface area (Å²) in [5, 5.41) is 10.9. The second kappa shape index (κ2) is 7.15. The average Bonchev–Trinajstić information content (AvgIpc) is 3.41. The van der Waals surface area contributed by atoms with Crippen molar-refractivity contribution in [2.24, 2.45) is 10.9 Å². The van der Waals surface area contributed by atoms with Gasteiger partial charge in [0.1, 0.15) is 23.6 Å². The van der Waals surface area contributed by atoms with Gasteiger partial charge in [-0.3, -0.25) is 0 Å². The summed E-state index contributed by atoms with van der Waals surface area (Å²) in [7, 11) is 0. The van der Waals surface area contributed by atoms with Crippen molar-refractivity contribution >= 4 is 16.8 Å². The van der Waals surface area contributed by atoms with Crippen molar-refractivity contribution in [2.45, 2.75) is 31.7 Å². The molecule has 1 saturated carbocycles. The summed E-state index contributed by atoms with van der Waals surface area (Å²) in [5.41, 5.74) is 1.45. The van der Waals surface area contributed by atoms with Crippen molar-refractivity contribution < 1.29 is 14.6 Å². The fourth-order valence-electron chi connectivity index (χ4n) is 4.11. The summed E-state index contributed by atoms with van der Waals surface area (Å²) >= 11 is 0. The molecule has 3 aromatic rings. The molecule has 28 heavy (non-hydrogen) atoms. The van der Waals surface area contributed by atoms with E-state index in [1.54, 1.807) is 18.2 Å². The molecule has 5 rings (SSSR count). The van der Waals surface area contributed by atoms with Crippen molar-refractivity contribution in [1.82, 2.24) is 4.98 Å². The molecule has 1 aliphatic heterocycles. The van der Waals surface area contributed by atoms with E-state index in [1.165, 1.54) is 25.7 Å². The highest BCUT2D eigenvalue weighted by Crippen LogP contribution is 2.32. The lowest BCUT2D eigenvalue weighted by Gasteiger charge is -2.11. The maximum Gasteiger partial charge on any atom is 0.219 e. The molecule has 0 spiro atoms. The first kappa shape index (κ1) is 17.0. The summed E-state index contributed by atoms with van der Waals surface area (Å²) in [5.74, 6) is 2.60. The molecule has 2 aromatic carbocycles. The van der Waals surface area contributed by atoms with Crippen LogP contribution in [-0.4, -0.2) is 28.6 Å². The molecule has 1 atom stereocenters. The number of phenolic OH excluding ortho intramolecular Hbond substituents is 1. The van der Waals surface area contributed by atoms with Crippen molar-refractivity contribution in [3.8, 4) is 17.4 Å². The monoisotopic (exact) mass is 374 g/mol. The van der Waals surface area contributed by atoms with Gasteiger partial charge in [-0.2, -0.15) is 0 Å². The van der Waals surface area contributed by atoms with Gasteiger partial charge < -0.3 is 14.6 Å². The minimum Gasteiger partial charge on any atom is -0.506 e. The molecule has 1 N–H and O–H groups in total. The predicted octanol–water partition coefficient (Wildman–Crippen LogP) is 5.07. The topological polar surface area (TPSA) is 63.9 Å². The maximum atomic E-state index is 10.0. The first-order chi connectivity index (χ1) is 13.8. The first-order valence-electron chi connectivity index (χ1n) is 9.84. The highest BCUT2D eigenvalue weighted by molar-refractivity contribution is 5.95. The second-order valence-corrected chi connectivity index (χ2v) is 7.49. The van der Waals surface area contributed by atoms with E-state index >= 15 is 0 Å². The normalized spacial score (nSPS) is 19.6. The van der Waals surface area contributed by atoms with Crippen LogP contribution in [-0.2, 0) is 4.74 Å². The number of ether oxygens (including phenoxy) is 2. The maximum absolute atomic E-state index is 10.0. The Morgan fingerprint density at radius 1 is 1.00 bits per heavy atom. The minimum absolute atomic E-state index is 0.142. The van der Waals surface area contributed by atoms with Crippen LogP contribution in [0.1, 0.15) is 31.2 Å². The Balaban J connectivity index is 1.37. The summed E-state index contributed by atoms with van der Waals surface area (Å²) in [6, 6.07) is 17.0. The number of aliphatic imine (C=N–C) groups is 1. The fraction of sp³-hybridized carbons (Fsp3) is 0.304. The van der Waals surface area contributed by atoms with Crippen LogP contribution in [0.15, 0.2) is 59.6 Å². The van der Waals surface area contributed by atoms with E-state index in [-0.39, 0.29) is 11.8 Å². The number of aromatic nitrogens is 1. The van der Waals surface area contributed by atoms with Gasteiger partial charge in [-0.25, -0.2) is 9.98 Å². The van der Waals surface area contributed by atoms with E-state index in [0.29, 0.717) is 35.6 Å². The van der Waals surface area contributed by atoms with Gasteiger partial charge >= 0.3 is 0 Å². The van der Waals surface area contributed by atoms with Gasteiger partial charge in [-0.05, 0) is 49.1 Å². The number of benzene rings is 2. The van der Waals surface area contributed by atoms with E-state index in [0.717, 1.165) is 10.9 Å². The van der Waals surface area contributed by atoms with Crippen LogP contribution in [0, 0.1) is 5.92 Å². The standard InChI is InChI=1S/C23H22N2O3/c26-20-10-4-7-16-11-12-21(25-22(16)20)28-18-9-3-8-17(13-18)23-24-19(14-27-23)15-5-1-2-6-15/h3-4,7-13,15,19,26H,1-2,5-6,14H2/t19-/m1/s1. The number of hydrogen-bond acceptors (Lipinski definition) is 5. The van der Waals surface area contributed by atoms with Crippen LogP contribution in [0.4, 0.5) is 0 Å². The highest BCUT2D eigenvalue weighted by atomic mass is 16.5.